The maximum atomic E-state index is 12.3. The molecule has 1 amide bonds. The van der Waals surface area contributed by atoms with Crippen molar-refractivity contribution >= 4 is 11.9 Å². The van der Waals surface area contributed by atoms with Gasteiger partial charge in [-0.05, 0) is 38.7 Å². The van der Waals surface area contributed by atoms with E-state index in [1.54, 1.807) is 11.8 Å². The van der Waals surface area contributed by atoms with Crippen LogP contribution in [0.1, 0.15) is 37.3 Å². The van der Waals surface area contributed by atoms with Crippen molar-refractivity contribution in [1.82, 2.24) is 4.90 Å². The first-order chi connectivity index (χ1) is 9.49. The van der Waals surface area contributed by atoms with E-state index >= 15 is 0 Å². The Kier molecular flexibility index (Phi) is 4.42. The van der Waals surface area contributed by atoms with Crippen LogP contribution in [-0.2, 0) is 16.0 Å². The Morgan fingerprint density at radius 3 is 2.65 bits per heavy atom. The number of hydrogen-bond donors (Lipinski definition) is 1. The van der Waals surface area contributed by atoms with E-state index in [-0.39, 0.29) is 11.9 Å². The molecule has 0 bridgehead atoms. The van der Waals surface area contributed by atoms with Crippen LogP contribution in [0.3, 0.4) is 0 Å². The van der Waals surface area contributed by atoms with Crippen molar-refractivity contribution in [2.75, 3.05) is 0 Å². The van der Waals surface area contributed by atoms with E-state index in [9.17, 15) is 9.59 Å². The van der Waals surface area contributed by atoms with Crippen molar-refractivity contribution < 1.29 is 14.7 Å². The van der Waals surface area contributed by atoms with Crippen LogP contribution in [0, 0.1) is 6.92 Å². The van der Waals surface area contributed by atoms with E-state index in [1.165, 1.54) is 5.56 Å². The molecule has 20 heavy (non-hydrogen) atoms. The molecule has 4 nitrogen and oxygen atoms in total. The molecule has 1 aliphatic rings. The van der Waals surface area contributed by atoms with Crippen LogP contribution >= 0.6 is 0 Å². The molecule has 0 aromatic heterocycles. The Morgan fingerprint density at radius 2 is 2.10 bits per heavy atom. The van der Waals surface area contributed by atoms with Crippen molar-refractivity contribution in [3.8, 4) is 0 Å². The average Bonchev–Trinajstić information content (AvgIpc) is 3.21. The number of aliphatic carboxylic acids is 1. The van der Waals surface area contributed by atoms with E-state index in [0.717, 1.165) is 18.4 Å². The number of carbonyl (C=O) groups excluding carboxylic acids is 1. The molecule has 0 radical (unpaired) electrons. The molecule has 4 heteroatoms. The molecule has 0 heterocycles. The van der Waals surface area contributed by atoms with Crippen LogP contribution in [0.4, 0.5) is 0 Å². The maximum Gasteiger partial charge on any atom is 0.326 e. The lowest BCUT2D eigenvalue weighted by Gasteiger charge is -2.26. The van der Waals surface area contributed by atoms with Gasteiger partial charge in [0, 0.05) is 12.5 Å². The highest BCUT2D eigenvalue weighted by molar-refractivity contribution is 5.84. The Labute approximate surface area is 119 Å². The van der Waals surface area contributed by atoms with Gasteiger partial charge in [-0.15, -0.1) is 0 Å². The lowest BCUT2D eigenvalue weighted by atomic mass is 10.1. The van der Waals surface area contributed by atoms with Crippen molar-refractivity contribution in [3.63, 3.8) is 0 Å². The number of carbonyl (C=O) groups is 2. The third-order valence-electron chi connectivity index (χ3n) is 3.71. The summed E-state index contributed by atoms with van der Waals surface area (Å²) in [6, 6.07) is 7.47. The number of benzene rings is 1. The van der Waals surface area contributed by atoms with Crippen molar-refractivity contribution in [2.24, 2.45) is 0 Å². The minimum atomic E-state index is -0.930. The van der Waals surface area contributed by atoms with Gasteiger partial charge in [-0.3, -0.25) is 4.79 Å². The van der Waals surface area contributed by atoms with Crippen molar-refractivity contribution in [2.45, 2.75) is 51.6 Å². The normalized spacial score (nSPS) is 15.7. The van der Waals surface area contributed by atoms with E-state index in [0.29, 0.717) is 12.8 Å². The first-order valence-electron chi connectivity index (χ1n) is 7.08. The highest BCUT2D eigenvalue weighted by Crippen LogP contribution is 2.29. The fraction of sp³-hybridized carbons (Fsp3) is 0.500. The molecular weight excluding hydrogens is 254 g/mol. The monoisotopic (exact) mass is 275 g/mol. The molecule has 0 aliphatic heterocycles. The summed E-state index contributed by atoms with van der Waals surface area (Å²) < 4.78 is 0. The van der Waals surface area contributed by atoms with E-state index in [1.807, 2.05) is 25.1 Å². The Balaban J connectivity index is 1.97. The van der Waals surface area contributed by atoms with Crippen LogP contribution in [0.2, 0.25) is 0 Å². The van der Waals surface area contributed by atoms with Gasteiger partial charge in [-0.1, -0.05) is 29.8 Å². The SMILES string of the molecule is Cc1cccc(CCC(=O)N(C2CC2)C(C)C(=O)O)c1. The number of rotatable bonds is 6. The Bertz CT molecular complexity index is 508. The zero-order valence-corrected chi connectivity index (χ0v) is 12.0. The quantitative estimate of drug-likeness (QED) is 0.867. The molecule has 1 atom stereocenters. The number of aryl methyl sites for hydroxylation is 2. The predicted molar refractivity (Wildman–Crippen MR) is 76.5 cm³/mol. The Hall–Kier alpha value is -1.84. The highest BCUT2D eigenvalue weighted by Gasteiger charge is 2.37. The minimum absolute atomic E-state index is 0.0519. The second-order valence-corrected chi connectivity index (χ2v) is 5.54. The van der Waals surface area contributed by atoms with Crippen LogP contribution in [0.25, 0.3) is 0 Å². The third-order valence-corrected chi connectivity index (χ3v) is 3.71. The summed E-state index contributed by atoms with van der Waals surface area (Å²) >= 11 is 0. The molecular formula is C16H21NO3. The number of nitrogens with zero attached hydrogens (tertiary/aromatic N) is 1. The zero-order valence-electron chi connectivity index (χ0n) is 12.0. The van der Waals surface area contributed by atoms with Gasteiger partial charge >= 0.3 is 5.97 Å². The molecule has 2 rings (SSSR count). The molecule has 1 N–H and O–H groups in total. The zero-order chi connectivity index (χ0) is 14.7. The van der Waals surface area contributed by atoms with Gasteiger partial charge in [-0.25, -0.2) is 4.79 Å². The highest BCUT2D eigenvalue weighted by atomic mass is 16.4. The summed E-state index contributed by atoms with van der Waals surface area (Å²) in [6.07, 6.45) is 2.88. The van der Waals surface area contributed by atoms with Crippen molar-refractivity contribution in [1.29, 1.82) is 0 Å². The molecule has 1 saturated carbocycles. The molecule has 1 aliphatic carbocycles. The number of hydrogen-bond acceptors (Lipinski definition) is 2. The van der Waals surface area contributed by atoms with Crippen LogP contribution in [0.5, 0.6) is 0 Å². The summed E-state index contributed by atoms with van der Waals surface area (Å²) in [5, 5.41) is 9.11. The summed E-state index contributed by atoms with van der Waals surface area (Å²) in [5.74, 6) is -0.982. The van der Waals surface area contributed by atoms with Crippen LogP contribution in [0.15, 0.2) is 24.3 Å². The molecule has 1 unspecified atom stereocenters. The molecule has 0 spiro atoms. The van der Waals surface area contributed by atoms with E-state index < -0.39 is 12.0 Å². The van der Waals surface area contributed by atoms with Crippen molar-refractivity contribution in [3.05, 3.63) is 35.4 Å². The van der Waals surface area contributed by atoms with Crippen LogP contribution in [-0.4, -0.2) is 34.0 Å². The topological polar surface area (TPSA) is 57.6 Å². The first kappa shape index (κ1) is 14.6. The first-order valence-corrected chi connectivity index (χ1v) is 7.08. The third kappa shape index (κ3) is 3.59. The maximum absolute atomic E-state index is 12.3. The second kappa shape index (κ2) is 6.07. The standard InChI is InChI=1S/C16H21NO3/c1-11-4-3-5-13(10-11)6-9-15(18)17(14-7-8-14)12(2)16(19)20/h3-5,10,12,14H,6-9H2,1-2H3,(H,19,20). The lowest BCUT2D eigenvalue weighted by molar-refractivity contribution is -0.150. The average molecular weight is 275 g/mol. The van der Waals surface area contributed by atoms with Gasteiger partial charge in [0.1, 0.15) is 6.04 Å². The van der Waals surface area contributed by atoms with Gasteiger partial charge in [0.15, 0.2) is 0 Å². The molecule has 1 aromatic rings. The van der Waals surface area contributed by atoms with Gasteiger partial charge in [0.2, 0.25) is 5.91 Å². The predicted octanol–water partition coefficient (Wildman–Crippen LogP) is 2.39. The van der Waals surface area contributed by atoms with Gasteiger partial charge in [-0.2, -0.15) is 0 Å². The minimum Gasteiger partial charge on any atom is -0.480 e. The lowest BCUT2D eigenvalue weighted by Crippen LogP contribution is -2.44. The van der Waals surface area contributed by atoms with Crippen LogP contribution < -0.4 is 0 Å². The van der Waals surface area contributed by atoms with E-state index in [2.05, 4.69) is 6.07 Å². The number of carboxylic acids is 1. The number of carboxylic acid groups (broad SMARTS) is 1. The summed E-state index contributed by atoms with van der Waals surface area (Å²) in [6.45, 7) is 3.61. The molecule has 0 saturated heterocycles. The van der Waals surface area contributed by atoms with Gasteiger partial charge in [0.05, 0.1) is 0 Å². The molecule has 1 aromatic carbocycles. The fourth-order valence-corrected chi connectivity index (χ4v) is 2.46. The molecule has 108 valence electrons. The summed E-state index contributed by atoms with van der Waals surface area (Å²) in [7, 11) is 0. The van der Waals surface area contributed by atoms with E-state index in [4.69, 9.17) is 5.11 Å². The van der Waals surface area contributed by atoms with Gasteiger partial charge < -0.3 is 10.0 Å². The second-order valence-electron chi connectivity index (χ2n) is 5.54. The molecule has 1 fully saturated rings. The Morgan fingerprint density at radius 1 is 1.40 bits per heavy atom. The number of amides is 1. The fourth-order valence-electron chi connectivity index (χ4n) is 2.46. The smallest absolute Gasteiger partial charge is 0.326 e. The summed E-state index contributed by atoms with van der Waals surface area (Å²) in [4.78, 5) is 24.9. The van der Waals surface area contributed by atoms with Gasteiger partial charge in [0.25, 0.3) is 0 Å². The summed E-state index contributed by atoms with van der Waals surface area (Å²) in [5.41, 5.74) is 2.30. The largest absolute Gasteiger partial charge is 0.480 e.